The molecule has 0 aliphatic rings. The molecule has 0 bridgehead atoms. The quantitative estimate of drug-likeness (QED) is 0.314. The van der Waals surface area contributed by atoms with E-state index in [0.29, 0.717) is 6.42 Å². The van der Waals surface area contributed by atoms with Crippen LogP contribution in [0.4, 0.5) is 0 Å². The fraction of sp³-hybridized carbons (Fsp3) is 0.944. The molecule has 0 unspecified atom stereocenters. The number of carbonyl (C=O) groups is 1. The van der Waals surface area contributed by atoms with Gasteiger partial charge in [-0.25, -0.2) is 0 Å². The molecule has 0 aromatic heterocycles. The molecule has 0 spiro atoms. The van der Waals surface area contributed by atoms with Crippen molar-refractivity contribution >= 4 is 19.5 Å². The maximum Gasteiger partial charge on any atom is 0.303 e. The van der Waals surface area contributed by atoms with Crippen LogP contribution in [0.2, 0.25) is 0 Å². The Bertz CT molecular complexity index is 213. The van der Waals surface area contributed by atoms with E-state index in [1.807, 2.05) is 0 Å². The SMILES string of the molecule is CCCCCCCCCCCCCCCCCC(=O)O.S.[Co]. The molecule has 1 radical (unpaired) electrons. The van der Waals surface area contributed by atoms with Gasteiger partial charge in [0.1, 0.15) is 0 Å². The minimum absolute atomic E-state index is 0. The van der Waals surface area contributed by atoms with Crippen molar-refractivity contribution in [3.05, 3.63) is 0 Å². The molecule has 0 rings (SSSR count). The van der Waals surface area contributed by atoms with Crippen LogP contribution in [-0.4, -0.2) is 11.1 Å². The maximum absolute atomic E-state index is 10.3. The molecule has 1 N–H and O–H groups in total. The van der Waals surface area contributed by atoms with E-state index in [9.17, 15) is 4.79 Å². The van der Waals surface area contributed by atoms with Gasteiger partial charge in [0.25, 0.3) is 0 Å². The molecule has 0 atom stereocenters. The van der Waals surface area contributed by atoms with Gasteiger partial charge in [0.05, 0.1) is 0 Å². The number of carboxylic acid groups (broad SMARTS) is 1. The summed E-state index contributed by atoms with van der Waals surface area (Å²) in [6.45, 7) is 2.27. The third-order valence-electron chi connectivity index (χ3n) is 3.99. The summed E-state index contributed by atoms with van der Waals surface area (Å²) in [5.74, 6) is -0.653. The molecule has 0 saturated carbocycles. The first kappa shape index (κ1) is 27.2. The number of carboxylic acids is 1. The van der Waals surface area contributed by atoms with Crippen molar-refractivity contribution < 1.29 is 26.7 Å². The Morgan fingerprint density at radius 3 is 1.18 bits per heavy atom. The first-order valence-corrected chi connectivity index (χ1v) is 8.99. The Balaban J connectivity index is -0.00000180. The van der Waals surface area contributed by atoms with Crippen LogP contribution < -0.4 is 0 Å². The zero-order valence-corrected chi connectivity index (χ0v) is 16.5. The topological polar surface area (TPSA) is 37.3 Å². The summed E-state index contributed by atoms with van der Waals surface area (Å²) in [6.07, 6.45) is 20.2. The van der Waals surface area contributed by atoms with Crippen LogP contribution >= 0.6 is 13.5 Å². The molecule has 0 aliphatic heterocycles. The van der Waals surface area contributed by atoms with Gasteiger partial charge in [0, 0.05) is 23.2 Å². The zero-order valence-electron chi connectivity index (χ0n) is 14.5. The van der Waals surface area contributed by atoms with Crippen molar-refractivity contribution in [1.82, 2.24) is 0 Å². The molecular weight excluding hydrogens is 339 g/mol. The van der Waals surface area contributed by atoms with Gasteiger partial charge < -0.3 is 5.11 Å². The summed E-state index contributed by atoms with van der Waals surface area (Å²) in [5.41, 5.74) is 0. The van der Waals surface area contributed by atoms with E-state index in [-0.39, 0.29) is 30.3 Å². The second-order valence-electron chi connectivity index (χ2n) is 6.09. The van der Waals surface area contributed by atoms with Gasteiger partial charge in [-0.3, -0.25) is 4.79 Å². The summed E-state index contributed by atoms with van der Waals surface area (Å²) in [6, 6.07) is 0. The van der Waals surface area contributed by atoms with Gasteiger partial charge in [0.15, 0.2) is 0 Å². The second kappa shape index (κ2) is 23.6. The average molecular weight is 377 g/mol. The minimum atomic E-state index is -0.653. The van der Waals surface area contributed by atoms with Crippen LogP contribution in [0.25, 0.3) is 0 Å². The summed E-state index contributed by atoms with van der Waals surface area (Å²) in [7, 11) is 0. The monoisotopic (exact) mass is 377 g/mol. The average Bonchev–Trinajstić information content (AvgIpc) is 2.43. The molecule has 0 fully saturated rings. The Kier molecular flexibility index (Phi) is 29.2. The molecule has 0 aliphatic carbocycles. The van der Waals surface area contributed by atoms with Crippen molar-refractivity contribution in [3.63, 3.8) is 0 Å². The summed E-state index contributed by atoms with van der Waals surface area (Å²) in [4.78, 5) is 10.3. The van der Waals surface area contributed by atoms with Gasteiger partial charge in [-0.15, -0.1) is 0 Å². The zero-order chi connectivity index (χ0) is 14.9. The van der Waals surface area contributed by atoms with E-state index < -0.39 is 5.97 Å². The predicted octanol–water partition coefficient (Wildman–Crippen LogP) is 6.44. The van der Waals surface area contributed by atoms with Crippen molar-refractivity contribution in [2.75, 3.05) is 0 Å². The Hall–Kier alpha value is 0.326. The first-order valence-electron chi connectivity index (χ1n) is 8.99. The molecular formula is C18H38CoO2S. The van der Waals surface area contributed by atoms with Crippen LogP contribution in [0.3, 0.4) is 0 Å². The third kappa shape index (κ3) is 25.3. The summed E-state index contributed by atoms with van der Waals surface area (Å²) < 4.78 is 0. The number of unbranched alkanes of at least 4 members (excludes halogenated alkanes) is 14. The van der Waals surface area contributed by atoms with Crippen molar-refractivity contribution in [1.29, 1.82) is 0 Å². The van der Waals surface area contributed by atoms with Gasteiger partial charge in [-0.1, -0.05) is 96.8 Å². The van der Waals surface area contributed by atoms with E-state index in [1.54, 1.807) is 0 Å². The molecule has 0 saturated heterocycles. The molecule has 0 aromatic rings. The van der Waals surface area contributed by atoms with Crippen LogP contribution in [0, 0.1) is 0 Å². The first-order chi connectivity index (χ1) is 9.77. The molecule has 0 amide bonds. The van der Waals surface area contributed by atoms with Crippen LogP contribution in [0.15, 0.2) is 0 Å². The smallest absolute Gasteiger partial charge is 0.303 e. The minimum Gasteiger partial charge on any atom is -0.481 e. The molecule has 0 heterocycles. The van der Waals surface area contributed by atoms with Gasteiger partial charge in [-0.2, -0.15) is 13.5 Å². The van der Waals surface area contributed by atoms with Gasteiger partial charge in [-0.05, 0) is 6.42 Å². The normalized spacial score (nSPS) is 9.86. The Labute approximate surface area is 155 Å². The number of rotatable bonds is 16. The fourth-order valence-electron chi connectivity index (χ4n) is 2.65. The third-order valence-corrected chi connectivity index (χ3v) is 3.99. The van der Waals surface area contributed by atoms with E-state index in [0.717, 1.165) is 12.8 Å². The summed E-state index contributed by atoms with van der Waals surface area (Å²) in [5, 5.41) is 8.52. The van der Waals surface area contributed by atoms with E-state index in [4.69, 9.17) is 5.11 Å². The molecule has 2 nitrogen and oxygen atoms in total. The van der Waals surface area contributed by atoms with E-state index >= 15 is 0 Å². The van der Waals surface area contributed by atoms with Crippen molar-refractivity contribution in [2.24, 2.45) is 0 Å². The second-order valence-corrected chi connectivity index (χ2v) is 6.09. The maximum atomic E-state index is 10.3. The predicted molar refractivity (Wildman–Crippen MR) is 97.6 cm³/mol. The van der Waals surface area contributed by atoms with Crippen molar-refractivity contribution in [2.45, 2.75) is 110 Å². The molecule has 22 heavy (non-hydrogen) atoms. The van der Waals surface area contributed by atoms with Gasteiger partial charge >= 0.3 is 5.97 Å². The standard InChI is InChI=1S/C18H36O2.Co.H2S/c1-2-3-4-5-6-7-8-9-10-11-12-13-14-15-16-17-18(19)20;;/h2-17H2,1H3,(H,19,20);;1H2. The van der Waals surface area contributed by atoms with Gasteiger partial charge in [0.2, 0.25) is 0 Å². The molecule has 4 heteroatoms. The van der Waals surface area contributed by atoms with Crippen LogP contribution in [0.1, 0.15) is 110 Å². The molecule has 137 valence electrons. The number of hydrogen-bond donors (Lipinski definition) is 1. The van der Waals surface area contributed by atoms with E-state index in [1.165, 1.54) is 83.5 Å². The Morgan fingerprint density at radius 2 is 0.909 bits per heavy atom. The number of hydrogen-bond acceptors (Lipinski definition) is 1. The van der Waals surface area contributed by atoms with Crippen LogP contribution in [0.5, 0.6) is 0 Å². The summed E-state index contributed by atoms with van der Waals surface area (Å²) >= 11 is 0. The fourth-order valence-corrected chi connectivity index (χ4v) is 2.65. The van der Waals surface area contributed by atoms with Crippen LogP contribution in [-0.2, 0) is 21.6 Å². The Morgan fingerprint density at radius 1 is 0.636 bits per heavy atom. The largest absolute Gasteiger partial charge is 0.481 e. The number of aliphatic carboxylic acids is 1. The molecule has 0 aromatic carbocycles. The van der Waals surface area contributed by atoms with E-state index in [2.05, 4.69) is 6.92 Å². The van der Waals surface area contributed by atoms with Crippen molar-refractivity contribution in [3.8, 4) is 0 Å².